The number of carbonyl (C=O) groups is 2. The van der Waals surface area contributed by atoms with Crippen molar-refractivity contribution in [1.29, 1.82) is 0 Å². The predicted octanol–water partition coefficient (Wildman–Crippen LogP) is 4.43. The van der Waals surface area contributed by atoms with Crippen molar-refractivity contribution in [2.45, 2.75) is 44.4 Å². The number of hydrogen-bond donors (Lipinski definition) is 1. The van der Waals surface area contributed by atoms with Crippen LogP contribution < -0.4 is 5.32 Å². The first-order chi connectivity index (χ1) is 13.5. The molecule has 1 heterocycles. The number of hydrogen-bond acceptors (Lipinski definition) is 4. The number of carbonyl (C=O) groups excluding carboxylic acids is 2. The highest BCUT2D eigenvalue weighted by molar-refractivity contribution is 8.15. The average molecular weight is 394 g/mol. The van der Waals surface area contributed by atoms with E-state index in [4.69, 9.17) is 0 Å². The Balaban J connectivity index is 1.50. The second kappa shape index (κ2) is 7.80. The van der Waals surface area contributed by atoms with Crippen LogP contribution >= 0.6 is 11.8 Å². The Hall–Kier alpha value is -2.60. The molecule has 5 nitrogen and oxygen atoms in total. The Morgan fingerprint density at radius 3 is 2.43 bits per heavy atom. The monoisotopic (exact) mass is 393 g/mol. The van der Waals surface area contributed by atoms with Gasteiger partial charge in [0.25, 0.3) is 0 Å². The Kier molecular flexibility index (Phi) is 5.22. The van der Waals surface area contributed by atoms with Crippen LogP contribution in [-0.4, -0.2) is 33.2 Å². The molecule has 1 saturated heterocycles. The van der Waals surface area contributed by atoms with Gasteiger partial charge < -0.3 is 5.32 Å². The molecule has 0 aromatic heterocycles. The second-order valence-electron chi connectivity index (χ2n) is 7.29. The van der Waals surface area contributed by atoms with E-state index in [0.29, 0.717) is 5.17 Å². The number of thioether (sulfide) groups is 1. The fourth-order valence-electron chi connectivity index (χ4n) is 3.35. The van der Waals surface area contributed by atoms with Crippen LogP contribution in [0.25, 0.3) is 0 Å². The maximum absolute atomic E-state index is 13.0. The lowest BCUT2D eigenvalue weighted by Crippen LogP contribution is -2.35. The van der Waals surface area contributed by atoms with Gasteiger partial charge in [-0.2, -0.15) is 0 Å². The third-order valence-electron chi connectivity index (χ3n) is 4.98. The summed E-state index contributed by atoms with van der Waals surface area (Å²) in [6.45, 7) is 3.94. The predicted molar refractivity (Wildman–Crippen MR) is 114 cm³/mol. The summed E-state index contributed by atoms with van der Waals surface area (Å²) in [6, 6.07) is 15.8. The molecule has 28 heavy (non-hydrogen) atoms. The van der Waals surface area contributed by atoms with E-state index in [1.165, 1.54) is 11.8 Å². The number of benzene rings is 2. The minimum absolute atomic E-state index is 0.00108. The topological polar surface area (TPSA) is 61.8 Å². The van der Waals surface area contributed by atoms with E-state index in [1.807, 2.05) is 62.4 Å². The molecule has 1 N–H and O–H groups in total. The summed E-state index contributed by atoms with van der Waals surface area (Å²) < 4.78 is 0. The molecule has 0 radical (unpaired) electrons. The van der Waals surface area contributed by atoms with Crippen LogP contribution in [0.2, 0.25) is 0 Å². The zero-order valence-electron chi connectivity index (χ0n) is 16.0. The van der Waals surface area contributed by atoms with E-state index >= 15 is 0 Å². The van der Waals surface area contributed by atoms with E-state index in [1.54, 1.807) is 4.90 Å². The standard InChI is InChI=1S/C22H23N3O2S/c1-14-7-6-8-15(2)20(14)24-19(26)13-18-21(27)25(17-11-12-17)22(28-18)23-16-9-4-3-5-10-16/h3-10,17-18H,11-13H2,1-2H3,(H,24,26)/t18-/m0/s1. The lowest BCUT2D eigenvalue weighted by molar-refractivity contribution is -0.128. The Bertz CT molecular complexity index is 918. The number of amides is 2. The minimum Gasteiger partial charge on any atom is -0.326 e. The van der Waals surface area contributed by atoms with Crippen molar-refractivity contribution in [2.75, 3.05) is 5.32 Å². The third kappa shape index (κ3) is 3.97. The van der Waals surface area contributed by atoms with Crippen LogP contribution in [0.1, 0.15) is 30.4 Å². The summed E-state index contributed by atoms with van der Waals surface area (Å²) in [7, 11) is 0. The molecule has 2 aliphatic rings. The van der Waals surface area contributed by atoms with Gasteiger partial charge in [0.05, 0.1) is 5.69 Å². The van der Waals surface area contributed by atoms with Crippen LogP contribution in [0, 0.1) is 13.8 Å². The number of para-hydroxylation sites is 2. The number of anilines is 1. The first-order valence-electron chi connectivity index (χ1n) is 9.52. The lowest BCUT2D eigenvalue weighted by Gasteiger charge is -2.15. The van der Waals surface area contributed by atoms with Gasteiger partial charge in [-0.15, -0.1) is 0 Å². The van der Waals surface area contributed by atoms with Crippen molar-refractivity contribution < 1.29 is 9.59 Å². The van der Waals surface area contributed by atoms with Crippen LogP contribution in [0.15, 0.2) is 53.5 Å². The Labute approximate surface area is 169 Å². The van der Waals surface area contributed by atoms with Gasteiger partial charge in [-0.3, -0.25) is 14.5 Å². The van der Waals surface area contributed by atoms with E-state index in [9.17, 15) is 9.59 Å². The van der Waals surface area contributed by atoms with Crippen LogP contribution in [-0.2, 0) is 9.59 Å². The summed E-state index contributed by atoms with van der Waals surface area (Å²) >= 11 is 1.40. The molecule has 2 aromatic carbocycles. The normalized spacial score (nSPS) is 20.6. The summed E-state index contributed by atoms with van der Waals surface area (Å²) in [6.07, 6.45) is 2.15. The molecule has 0 spiro atoms. The van der Waals surface area contributed by atoms with Crippen LogP contribution in [0.5, 0.6) is 0 Å². The van der Waals surface area contributed by atoms with Crippen LogP contribution in [0.3, 0.4) is 0 Å². The van der Waals surface area contributed by atoms with E-state index in [0.717, 1.165) is 35.3 Å². The summed E-state index contributed by atoms with van der Waals surface area (Å²) in [5, 5.41) is 3.28. The van der Waals surface area contributed by atoms with Gasteiger partial charge in [-0.05, 0) is 49.9 Å². The number of amidine groups is 1. The highest BCUT2D eigenvalue weighted by Crippen LogP contribution is 2.39. The number of aryl methyl sites for hydroxylation is 2. The van der Waals surface area contributed by atoms with Crippen molar-refractivity contribution in [3.05, 3.63) is 59.7 Å². The highest BCUT2D eigenvalue weighted by atomic mass is 32.2. The first kappa shape index (κ1) is 18.7. The van der Waals surface area contributed by atoms with Gasteiger partial charge in [-0.25, -0.2) is 4.99 Å². The molecule has 6 heteroatoms. The molecular formula is C22H23N3O2S. The molecule has 4 rings (SSSR count). The quantitative estimate of drug-likeness (QED) is 0.818. The third-order valence-corrected chi connectivity index (χ3v) is 6.13. The average Bonchev–Trinajstić information content (AvgIpc) is 3.45. The lowest BCUT2D eigenvalue weighted by atomic mass is 10.1. The van der Waals surface area contributed by atoms with Crippen molar-refractivity contribution in [3.8, 4) is 0 Å². The van der Waals surface area contributed by atoms with E-state index in [2.05, 4.69) is 10.3 Å². The van der Waals surface area contributed by atoms with Crippen molar-refractivity contribution in [1.82, 2.24) is 4.90 Å². The van der Waals surface area contributed by atoms with Gasteiger partial charge in [0, 0.05) is 18.2 Å². The molecule has 0 unspecified atom stereocenters. The van der Waals surface area contributed by atoms with E-state index in [-0.39, 0.29) is 24.3 Å². The molecule has 2 aromatic rings. The van der Waals surface area contributed by atoms with Crippen LogP contribution in [0.4, 0.5) is 11.4 Å². The molecule has 2 amide bonds. The molecule has 2 fully saturated rings. The molecule has 0 bridgehead atoms. The molecule has 1 saturated carbocycles. The smallest absolute Gasteiger partial charge is 0.242 e. The van der Waals surface area contributed by atoms with Crippen molar-refractivity contribution in [3.63, 3.8) is 0 Å². The largest absolute Gasteiger partial charge is 0.326 e. The molecular weight excluding hydrogens is 370 g/mol. The summed E-state index contributed by atoms with van der Waals surface area (Å²) in [4.78, 5) is 32.1. The molecule has 1 aliphatic heterocycles. The number of aliphatic imine (C=N–C) groups is 1. The van der Waals surface area contributed by atoms with Gasteiger partial charge >= 0.3 is 0 Å². The maximum Gasteiger partial charge on any atom is 0.242 e. The number of nitrogens with one attached hydrogen (secondary N) is 1. The van der Waals surface area contributed by atoms with E-state index < -0.39 is 5.25 Å². The van der Waals surface area contributed by atoms with Crippen molar-refractivity contribution in [2.24, 2.45) is 4.99 Å². The molecule has 1 atom stereocenters. The first-order valence-corrected chi connectivity index (χ1v) is 10.4. The fourth-order valence-corrected chi connectivity index (χ4v) is 4.56. The SMILES string of the molecule is Cc1cccc(C)c1NC(=O)C[C@@H]1SC(=Nc2ccccc2)N(C2CC2)C1=O. The zero-order chi connectivity index (χ0) is 19.7. The van der Waals surface area contributed by atoms with Gasteiger partial charge in [-0.1, -0.05) is 48.2 Å². The molecule has 1 aliphatic carbocycles. The minimum atomic E-state index is -0.424. The van der Waals surface area contributed by atoms with Gasteiger partial charge in [0.15, 0.2) is 5.17 Å². The van der Waals surface area contributed by atoms with Gasteiger partial charge in [0.1, 0.15) is 5.25 Å². The summed E-state index contributed by atoms with van der Waals surface area (Å²) in [5.41, 5.74) is 3.69. The highest BCUT2D eigenvalue weighted by Gasteiger charge is 2.46. The zero-order valence-corrected chi connectivity index (χ0v) is 16.8. The Morgan fingerprint density at radius 2 is 1.79 bits per heavy atom. The fraction of sp³-hybridized carbons (Fsp3) is 0.318. The van der Waals surface area contributed by atoms with Gasteiger partial charge in [0.2, 0.25) is 11.8 Å². The number of nitrogens with zero attached hydrogens (tertiary/aromatic N) is 2. The molecule has 144 valence electrons. The maximum atomic E-state index is 13.0. The Morgan fingerprint density at radius 1 is 1.11 bits per heavy atom. The van der Waals surface area contributed by atoms with Crippen molar-refractivity contribution >= 4 is 40.1 Å². The summed E-state index contributed by atoms with van der Waals surface area (Å²) in [5.74, 6) is -0.140. The second-order valence-corrected chi connectivity index (χ2v) is 8.46. The number of rotatable bonds is 5.